The largest absolute Gasteiger partial charge is 0.459 e. The van der Waals surface area contributed by atoms with Crippen molar-refractivity contribution < 1.29 is 13.6 Å². The van der Waals surface area contributed by atoms with Gasteiger partial charge in [-0.05, 0) is 61.9 Å². The zero-order chi connectivity index (χ0) is 20.7. The van der Waals surface area contributed by atoms with Crippen LogP contribution >= 0.6 is 0 Å². The van der Waals surface area contributed by atoms with E-state index in [1.54, 1.807) is 23.0 Å². The Morgan fingerprint density at radius 2 is 1.97 bits per heavy atom. The molecule has 0 N–H and O–H groups in total. The van der Waals surface area contributed by atoms with E-state index in [1.807, 2.05) is 36.2 Å². The number of nitrogens with zero attached hydrogens (tertiary/aromatic N) is 3. The minimum Gasteiger partial charge on any atom is -0.459 e. The summed E-state index contributed by atoms with van der Waals surface area (Å²) in [7, 11) is 1.89. The van der Waals surface area contributed by atoms with Gasteiger partial charge in [0.15, 0.2) is 11.3 Å². The molecule has 2 aromatic heterocycles. The Morgan fingerprint density at radius 1 is 1.13 bits per heavy atom. The molecule has 1 aliphatic carbocycles. The molecule has 1 aromatic carbocycles. The van der Waals surface area contributed by atoms with Crippen molar-refractivity contribution in [2.45, 2.75) is 31.8 Å². The maximum Gasteiger partial charge on any atom is 0.419 e. The van der Waals surface area contributed by atoms with Gasteiger partial charge in [0.25, 0.3) is 5.91 Å². The van der Waals surface area contributed by atoms with Crippen molar-refractivity contribution in [2.75, 3.05) is 26.7 Å². The Bertz CT molecular complexity index is 1080. The second-order valence-electron chi connectivity index (χ2n) is 8.62. The monoisotopic (exact) mass is 409 g/mol. The van der Waals surface area contributed by atoms with Gasteiger partial charge in [0.1, 0.15) is 0 Å². The Labute approximate surface area is 174 Å². The first kappa shape index (κ1) is 19.2. The number of carbonyl (C=O) groups is 1. The fourth-order valence-corrected chi connectivity index (χ4v) is 5.25. The summed E-state index contributed by atoms with van der Waals surface area (Å²) in [6.45, 7) is 3.52. The molecule has 7 heteroatoms. The van der Waals surface area contributed by atoms with Gasteiger partial charge >= 0.3 is 5.76 Å². The van der Waals surface area contributed by atoms with Crippen molar-refractivity contribution in [3.05, 3.63) is 59.0 Å². The van der Waals surface area contributed by atoms with Crippen LogP contribution in [0.2, 0.25) is 0 Å². The van der Waals surface area contributed by atoms with Crippen LogP contribution in [0.4, 0.5) is 0 Å². The average molecular weight is 409 g/mol. The number of rotatable bonds is 5. The molecular weight excluding hydrogens is 382 g/mol. The van der Waals surface area contributed by atoms with Crippen LogP contribution in [0.3, 0.4) is 0 Å². The van der Waals surface area contributed by atoms with Crippen LogP contribution in [0.25, 0.3) is 11.1 Å². The number of piperidine rings is 1. The first-order chi connectivity index (χ1) is 14.6. The summed E-state index contributed by atoms with van der Waals surface area (Å²) in [5, 5.41) is 0. The van der Waals surface area contributed by atoms with Crippen LogP contribution in [0.15, 0.2) is 56.3 Å². The van der Waals surface area contributed by atoms with E-state index in [0.717, 1.165) is 44.4 Å². The highest BCUT2D eigenvalue weighted by molar-refractivity contribution is 5.91. The summed E-state index contributed by atoms with van der Waals surface area (Å²) in [4.78, 5) is 29.1. The van der Waals surface area contributed by atoms with Crippen LogP contribution in [-0.4, -0.2) is 53.0 Å². The van der Waals surface area contributed by atoms with E-state index in [9.17, 15) is 9.59 Å². The van der Waals surface area contributed by atoms with Crippen molar-refractivity contribution in [1.82, 2.24) is 14.4 Å². The summed E-state index contributed by atoms with van der Waals surface area (Å²) in [5.41, 5.74) is 1.50. The van der Waals surface area contributed by atoms with Gasteiger partial charge in [-0.15, -0.1) is 0 Å². The van der Waals surface area contributed by atoms with Gasteiger partial charge in [0.2, 0.25) is 0 Å². The van der Waals surface area contributed by atoms with Crippen molar-refractivity contribution >= 4 is 17.0 Å². The second kappa shape index (κ2) is 7.80. The molecule has 0 unspecified atom stereocenters. The fourth-order valence-electron chi connectivity index (χ4n) is 5.25. The zero-order valence-electron chi connectivity index (χ0n) is 17.2. The number of likely N-dealkylation sites (tertiary alicyclic amines) is 1. The van der Waals surface area contributed by atoms with E-state index in [2.05, 4.69) is 4.90 Å². The van der Waals surface area contributed by atoms with Gasteiger partial charge in [-0.1, -0.05) is 12.1 Å². The maximum absolute atomic E-state index is 12.6. The number of hydrogen-bond acceptors (Lipinski definition) is 5. The summed E-state index contributed by atoms with van der Waals surface area (Å²) in [6, 6.07) is 11.3. The minimum atomic E-state index is -0.287. The first-order valence-corrected chi connectivity index (χ1v) is 10.7. The number of furan rings is 1. The number of fused-ring (bicyclic) bond motifs is 2. The number of hydrogen-bond donors (Lipinski definition) is 0. The highest BCUT2D eigenvalue weighted by Crippen LogP contribution is 2.40. The molecule has 7 nitrogen and oxygen atoms in total. The van der Waals surface area contributed by atoms with Crippen molar-refractivity contribution in [3.8, 4) is 0 Å². The highest BCUT2D eigenvalue weighted by atomic mass is 16.4. The normalized spacial score (nSPS) is 24.2. The van der Waals surface area contributed by atoms with E-state index in [-0.39, 0.29) is 17.7 Å². The molecule has 1 saturated carbocycles. The maximum atomic E-state index is 12.6. The fraction of sp³-hybridized carbons (Fsp3) is 0.478. The van der Waals surface area contributed by atoms with Crippen LogP contribution in [-0.2, 0) is 6.54 Å². The SMILES string of the molecule is CN(C(=O)c1ccco1)[C@H]1C[C@H]2CCN(CCn3c(=O)oc4ccccc43)C[C@H]2C1. The van der Waals surface area contributed by atoms with Gasteiger partial charge in [-0.3, -0.25) is 9.36 Å². The van der Waals surface area contributed by atoms with E-state index < -0.39 is 0 Å². The number of amides is 1. The summed E-state index contributed by atoms with van der Waals surface area (Å²) in [6.07, 6.45) is 4.78. The molecule has 0 spiro atoms. The Kier molecular flexibility index (Phi) is 4.98. The van der Waals surface area contributed by atoms with Gasteiger partial charge in [-0.2, -0.15) is 0 Å². The summed E-state index contributed by atoms with van der Waals surface area (Å²) < 4.78 is 12.4. The van der Waals surface area contributed by atoms with Crippen molar-refractivity contribution in [3.63, 3.8) is 0 Å². The number of benzene rings is 1. The molecule has 3 atom stereocenters. The molecule has 3 heterocycles. The van der Waals surface area contributed by atoms with Gasteiger partial charge in [0.05, 0.1) is 11.8 Å². The van der Waals surface area contributed by atoms with Crippen molar-refractivity contribution in [1.29, 1.82) is 0 Å². The molecule has 30 heavy (non-hydrogen) atoms. The van der Waals surface area contributed by atoms with Crippen LogP contribution in [0, 0.1) is 11.8 Å². The molecular formula is C23H27N3O4. The molecule has 1 amide bonds. The zero-order valence-corrected chi connectivity index (χ0v) is 17.2. The van der Waals surface area contributed by atoms with E-state index in [1.165, 1.54) is 0 Å². The molecule has 1 aliphatic heterocycles. The van der Waals surface area contributed by atoms with Gasteiger partial charge in [0, 0.05) is 32.7 Å². The molecule has 0 bridgehead atoms. The molecule has 1 saturated heterocycles. The first-order valence-electron chi connectivity index (χ1n) is 10.7. The van der Waals surface area contributed by atoms with Gasteiger partial charge < -0.3 is 18.6 Å². The predicted octanol–water partition coefficient (Wildman–Crippen LogP) is 3.06. The standard InChI is InChI=1S/C23H27N3O4/c1-24(22(27)21-7-4-12-29-21)18-13-16-8-9-25(15-17(16)14-18)10-11-26-19-5-2-3-6-20(19)30-23(26)28/h2-7,12,16-18H,8-11,13-15H2,1H3/t16-,17-,18+/m1/s1. The van der Waals surface area contributed by atoms with E-state index in [4.69, 9.17) is 8.83 Å². The second-order valence-corrected chi connectivity index (χ2v) is 8.62. The topological polar surface area (TPSA) is 71.8 Å². The number of para-hydroxylation sites is 2. The third-order valence-corrected chi connectivity index (χ3v) is 6.94. The third kappa shape index (κ3) is 3.47. The van der Waals surface area contributed by atoms with E-state index in [0.29, 0.717) is 29.7 Å². The lowest BCUT2D eigenvalue weighted by Crippen LogP contribution is -2.40. The molecule has 2 fully saturated rings. The Hall–Kier alpha value is -2.80. The quantitative estimate of drug-likeness (QED) is 0.648. The lowest BCUT2D eigenvalue weighted by atomic mass is 9.89. The van der Waals surface area contributed by atoms with Gasteiger partial charge in [-0.25, -0.2) is 4.79 Å². The molecule has 2 aliphatic rings. The summed E-state index contributed by atoms with van der Waals surface area (Å²) in [5.74, 6) is 1.34. The lowest BCUT2D eigenvalue weighted by Gasteiger charge is -2.34. The Balaban J connectivity index is 1.20. The smallest absolute Gasteiger partial charge is 0.419 e. The lowest BCUT2D eigenvalue weighted by molar-refractivity contribution is 0.0698. The molecule has 5 rings (SSSR count). The third-order valence-electron chi connectivity index (χ3n) is 6.94. The number of carbonyl (C=O) groups excluding carboxylic acids is 1. The van der Waals surface area contributed by atoms with Crippen LogP contribution < -0.4 is 5.76 Å². The van der Waals surface area contributed by atoms with Crippen molar-refractivity contribution in [2.24, 2.45) is 11.8 Å². The highest BCUT2D eigenvalue weighted by Gasteiger charge is 2.40. The summed E-state index contributed by atoms with van der Waals surface area (Å²) >= 11 is 0. The van der Waals surface area contributed by atoms with Crippen LogP contribution in [0.1, 0.15) is 29.8 Å². The van der Waals surface area contributed by atoms with Crippen LogP contribution in [0.5, 0.6) is 0 Å². The molecule has 158 valence electrons. The minimum absolute atomic E-state index is 0.0354. The average Bonchev–Trinajstić information content (AvgIpc) is 3.49. The Morgan fingerprint density at radius 3 is 2.80 bits per heavy atom. The van der Waals surface area contributed by atoms with E-state index >= 15 is 0 Å². The number of oxazole rings is 1. The predicted molar refractivity (Wildman–Crippen MR) is 112 cm³/mol. The number of aromatic nitrogens is 1. The molecule has 0 radical (unpaired) electrons. The molecule has 3 aromatic rings.